The van der Waals surface area contributed by atoms with Crippen LogP contribution in [-0.2, 0) is 0 Å². The minimum atomic E-state index is -0.586. The molecule has 8 nitrogen and oxygen atoms in total. The van der Waals surface area contributed by atoms with E-state index in [1.807, 2.05) is 6.07 Å². The van der Waals surface area contributed by atoms with Gasteiger partial charge in [-0.2, -0.15) is 10.3 Å². The lowest BCUT2D eigenvalue weighted by Crippen LogP contribution is -2.47. The second-order valence-corrected chi connectivity index (χ2v) is 5.39. The highest BCUT2D eigenvalue weighted by Crippen LogP contribution is 2.12. The molecule has 2 heterocycles. The molecule has 0 aliphatic carbocycles. The first-order valence-corrected chi connectivity index (χ1v) is 7.51. The Kier molecular flexibility index (Phi) is 4.54. The number of aromatic amines is 1. The highest BCUT2D eigenvalue weighted by molar-refractivity contribution is 6.33. The van der Waals surface area contributed by atoms with E-state index in [0.717, 1.165) is 4.79 Å². The molecule has 1 aromatic carbocycles. The first-order chi connectivity index (χ1) is 11.2. The van der Waals surface area contributed by atoms with Crippen molar-refractivity contribution in [1.29, 1.82) is 0 Å². The van der Waals surface area contributed by atoms with Crippen LogP contribution in [0.15, 0.2) is 34.2 Å². The maximum atomic E-state index is 12.3. The Hall–Kier alpha value is -2.45. The summed E-state index contributed by atoms with van der Waals surface area (Å²) >= 11 is 6.02. The third-order valence-corrected chi connectivity index (χ3v) is 3.82. The van der Waals surface area contributed by atoms with Crippen molar-refractivity contribution in [2.75, 3.05) is 26.2 Å². The SMILES string of the molecule is O=C(c1n[nH]n(N=Cc2ccccc2Cl)c1=O)N1CCNCC1. The molecule has 2 aromatic rings. The zero-order valence-corrected chi connectivity index (χ0v) is 13.0. The Balaban J connectivity index is 1.81. The zero-order valence-electron chi connectivity index (χ0n) is 12.2. The van der Waals surface area contributed by atoms with E-state index in [1.54, 1.807) is 23.1 Å². The van der Waals surface area contributed by atoms with E-state index in [0.29, 0.717) is 36.8 Å². The van der Waals surface area contributed by atoms with Crippen molar-refractivity contribution in [3.63, 3.8) is 0 Å². The molecule has 3 rings (SSSR count). The monoisotopic (exact) mass is 334 g/mol. The van der Waals surface area contributed by atoms with Crippen molar-refractivity contribution in [2.45, 2.75) is 0 Å². The van der Waals surface area contributed by atoms with Crippen molar-refractivity contribution in [2.24, 2.45) is 5.10 Å². The lowest BCUT2D eigenvalue weighted by atomic mass is 10.2. The Bertz CT molecular complexity index is 791. The van der Waals surface area contributed by atoms with Crippen LogP contribution in [0.2, 0.25) is 5.02 Å². The molecule has 0 spiro atoms. The lowest BCUT2D eigenvalue weighted by molar-refractivity contribution is 0.0728. The summed E-state index contributed by atoms with van der Waals surface area (Å²) in [7, 11) is 0. The predicted molar refractivity (Wildman–Crippen MR) is 86.1 cm³/mol. The van der Waals surface area contributed by atoms with Gasteiger partial charge in [-0.1, -0.05) is 29.8 Å². The van der Waals surface area contributed by atoms with Crippen molar-refractivity contribution in [1.82, 2.24) is 25.3 Å². The molecule has 2 N–H and O–H groups in total. The van der Waals surface area contributed by atoms with Crippen LogP contribution in [0, 0.1) is 0 Å². The van der Waals surface area contributed by atoms with Gasteiger partial charge in [-0.3, -0.25) is 9.59 Å². The maximum Gasteiger partial charge on any atom is 0.320 e. The summed E-state index contributed by atoms with van der Waals surface area (Å²) in [5.41, 5.74) is -0.0920. The number of hydrogen-bond acceptors (Lipinski definition) is 5. The normalized spacial score (nSPS) is 15.3. The molecule has 1 saturated heterocycles. The van der Waals surface area contributed by atoms with E-state index >= 15 is 0 Å². The smallest absolute Gasteiger partial charge is 0.320 e. The fourth-order valence-electron chi connectivity index (χ4n) is 2.23. The van der Waals surface area contributed by atoms with Gasteiger partial charge < -0.3 is 10.2 Å². The topological polar surface area (TPSA) is 95.4 Å². The summed E-state index contributed by atoms with van der Waals surface area (Å²) in [6, 6.07) is 7.09. The summed E-state index contributed by atoms with van der Waals surface area (Å²) < 4.78 is 0. The van der Waals surface area contributed by atoms with Crippen molar-refractivity contribution >= 4 is 23.7 Å². The van der Waals surface area contributed by atoms with E-state index in [9.17, 15) is 9.59 Å². The van der Waals surface area contributed by atoms with Crippen LogP contribution in [0.3, 0.4) is 0 Å². The fraction of sp³-hybridized carbons (Fsp3) is 0.286. The molecular formula is C14H15ClN6O2. The molecule has 9 heteroatoms. The van der Waals surface area contributed by atoms with Crippen LogP contribution in [0.5, 0.6) is 0 Å². The van der Waals surface area contributed by atoms with E-state index in [2.05, 4.69) is 20.7 Å². The first-order valence-electron chi connectivity index (χ1n) is 7.13. The van der Waals surface area contributed by atoms with Crippen LogP contribution < -0.4 is 10.9 Å². The summed E-state index contributed by atoms with van der Waals surface area (Å²) in [5, 5.41) is 13.9. The van der Waals surface area contributed by atoms with Crippen LogP contribution >= 0.6 is 11.6 Å². The molecule has 1 fully saturated rings. The minimum absolute atomic E-state index is 0.164. The number of hydrogen-bond donors (Lipinski definition) is 2. The van der Waals surface area contributed by atoms with E-state index in [-0.39, 0.29) is 11.6 Å². The highest BCUT2D eigenvalue weighted by Gasteiger charge is 2.24. The number of piperazine rings is 1. The van der Waals surface area contributed by atoms with Gasteiger partial charge in [0.25, 0.3) is 5.91 Å². The Morgan fingerprint density at radius 1 is 1.30 bits per heavy atom. The van der Waals surface area contributed by atoms with Crippen LogP contribution in [0.1, 0.15) is 16.1 Å². The van der Waals surface area contributed by atoms with Gasteiger partial charge in [0.1, 0.15) is 0 Å². The standard InChI is InChI=1S/C14H15ClN6O2/c15-11-4-2-1-3-10(11)9-17-21-14(23)12(18-19-21)13(22)20-7-5-16-6-8-20/h1-4,9,16,19H,5-8H2. The molecule has 1 amide bonds. The number of halogens is 1. The largest absolute Gasteiger partial charge is 0.335 e. The van der Waals surface area contributed by atoms with Gasteiger partial charge in [0.15, 0.2) is 0 Å². The molecule has 1 aliphatic rings. The second kappa shape index (κ2) is 6.76. The van der Waals surface area contributed by atoms with Gasteiger partial charge in [0.2, 0.25) is 5.69 Å². The van der Waals surface area contributed by atoms with Crippen molar-refractivity contribution < 1.29 is 4.79 Å². The number of carbonyl (C=O) groups excluding carboxylic acids is 1. The molecule has 0 saturated carbocycles. The number of nitrogens with zero attached hydrogens (tertiary/aromatic N) is 4. The van der Waals surface area contributed by atoms with E-state index in [1.165, 1.54) is 6.21 Å². The summed E-state index contributed by atoms with van der Waals surface area (Å²) in [6.45, 7) is 2.51. The summed E-state index contributed by atoms with van der Waals surface area (Å²) in [5.74, 6) is -0.389. The minimum Gasteiger partial charge on any atom is -0.335 e. The van der Waals surface area contributed by atoms with Gasteiger partial charge in [-0.05, 0) is 6.07 Å². The average Bonchev–Trinajstić information content (AvgIpc) is 2.95. The van der Waals surface area contributed by atoms with Gasteiger partial charge in [0, 0.05) is 36.8 Å². The molecule has 0 unspecified atom stereocenters. The van der Waals surface area contributed by atoms with Crippen molar-refractivity contribution in [3.05, 3.63) is 50.9 Å². The molecule has 1 aliphatic heterocycles. The number of carbonyl (C=O) groups is 1. The average molecular weight is 335 g/mol. The number of H-pyrrole nitrogens is 1. The molecular weight excluding hydrogens is 320 g/mol. The van der Waals surface area contributed by atoms with Gasteiger partial charge in [0.05, 0.1) is 6.21 Å². The van der Waals surface area contributed by atoms with Crippen LogP contribution in [-0.4, -0.2) is 58.3 Å². The third kappa shape index (κ3) is 3.33. The van der Waals surface area contributed by atoms with Crippen LogP contribution in [0.25, 0.3) is 0 Å². The molecule has 0 radical (unpaired) electrons. The number of benzene rings is 1. The maximum absolute atomic E-state index is 12.3. The van der Waals surface area contributed by atoms with Gasteiger partial charge in [-0.15, -0.1) is 9.89 Å². The van der Waals surface area contributed by atoms with Gasteiger partial charge in [-0.25, -0.2) is 0 Å². The second-order valence-electron chi connectivity index (χ2n) is 4.99. The van der Waals surface area contributed by atoms with Gasteiger partial charge >= 0.3 is 5.56 Å². The molecule has 1 aromatic heterocycles. The van der Waals surface area contributed by atoms with Crippen LogP contribution in [0.4, 0.5) is 0 Å². The first kappa shape index (κ1) is 15.4. The molecule has 23 heavy (non-hydrogen) atoms. The number of rotatable bonds is 3. The van der Waals surface area contributed by atoms with E-state index in [4.69, 9.17) is 11.6 Å². The van der Waals surface area contributed by atoms with E-state index < -0.39 is 5.56 Å². The summed E-state index contributed by atoms with van der Waals surface area (Å²) in [6.07, 6.45) is 1.43. The number of aromatic nitrogens is 3. The molecule has 0 bridgehead atoms. The predicted octanol–water partition coefficient (Wildman–Crippen LogP) is 0.152. The fourth-order valence-corrected chi connectivity index (χ4v) is 2.41. The Morgan fingerprint density at radius 3 is 2.78 bits per heavy atom. The third-order valence-electron chi connectivity index (χ3n) is 3.48. The zero-order chi connectivity index (χ0) is 16.2. The quantitative estimate of drug-likeness (QED) is 0.781. The number of amides is 1. The highest BCUT2D eigenvalue weighted by atomic mass is 35.5. The Morgan fingerprint density at radius 2 is 2.04 bits per heavy atom. The summed E-state index contributed by atoms with van der Waals surface area (Å²) in [4.78, 5) is 27.0. The Labute approximate surface area is 136 Å². The molecule has 120 valence electrons. The molecule has 0 atom stereocenters. The lowest BCUT2D eigenvalue weighted by Gasteiger charge is -2.26. The van der Waals surface area contributed by atoms with Crippen molar-refractivity contribution in [3.8, 4) is 0 Å². The number of nitrogens with one attached hydrogen (secondary N) is 2.